The van der Waals surface area contributed by atoms with Gasteiger partial charge < -0.3 is 16.0 Å². The van der Waals surface area contributed by atoms with Gasteiger partial charge in [0.05, 0.1) is 9.85 Å². The van der Waals surface area contributed by atoms with Gasteiger partial charge in [0.15, 0.2) is 5.11 Å². The summed E-state index contributed by atoms with van der Waals surface area (Å²) in [5.74, 6) is 0. The highest BCUT2D eigenvalue weighted by Gasteiger charge is 2.11. The maximum absolute atomic E-state index is 10.9. The molecule has 0 amide bonds. The van der Waals surface area contributed by atoms with Crippen LogP contribution in [-0.2, 0) is 0 Å². The Morgan fingerprint density at radius 2 is 1.64 bits per heavy atom. The monoisotopic (exact) mass is 361 g/mol. The van der Waals surface area contributed by atoms with E-state index < -0.39 is 9.85 Å². The van der Waals surface area contributed by atoms with E-state index in [1.54, 1.807) is 30.3 Å². The molecular weight excluding hydrogens is 346 g/mol. The Bertz CT molecular complexity index is 782. The van der Waals surface area contributed by atoms with Crippen molar-refractivity contribution >= 4 is 40.1 Å². The Hall–Kier alpha value is -3.27. The number of para-hydroxylation sites is 2. The summed E-state index contributed by atoms with van der Waals surface area (Å²) in [7, 11) is 0. The number of rotatable bonds is 7. The number of anilines is 2. The summed E-state index contributed by atoms with van der Waals surface area (Å²) in [5, 5.41) is 30.7. The van der Waals surface area contributed by atoms with Gasteiger partial charge in [0.2, 0.25) is 0 Å². The second-order valence-corrected chi connectivity index (χ2v) is 5.29. The summed E-state index contributed by atoms with van der Waals surface area (Å²) in [6.07, 6.45) is 0. The van der Waals surface area contributed by atoms with E-state index in [-0.39, 0.29) is 11.4 Å². The quantitative estimate of drug-likeness (QED) is 0.298. The zero-order chi connectivity index (χ0) is 18.2. The molecule has 3 N–H and O–H groups in total. The smallest absolute Gasteiger partial charge is 0.292 e. The third-order valence-electron chi connectivity index (χ3n) is 3.16. The van der Waals surface area contributed by atoms with Crippen LogP contribution >= 0.6 is 12.2 Å². The van der Waals surface area contributed by atoms with Crippen LogP contribution < -0.4 is 16.0 Å². The van der Waals surface area contributed by atoms with E-state index in [2.05, 4.69) is 16.0 Å². The fraction of sp³-hybridized carbons (Fsp3) is 0.133. The number of hydrogen-bond donors (Lipinski definition) is 3. The topological polar surface area (TPSA) is 122 Å². The first-order valence-electron chi connectivity index (χ1n) is 7.24. The second-order valence-electron chi connectivity index (χ2n) is 4.89. The Kier molecular flexibility index (Phi) is 6.18. The minimum atomic E-state index is -0.477. The van der Waals surface area contributed by atoms with Crippen molar-refractivity contribution in [3.05, 3.63) is 68.8 Å². The summed E-state index contributed by atoms with van der Waals surface area (Å²) in [6, 6.07) is 12.2. The van der Waals surface area contributed by atoms with Gasteiger partial charge in [-0.05, 0) is 30.4 Å². The first kappa shape index (κ1) is 18.1. The van der Waals surface area contributed by atoms with Crippen LogP contribution in [0.5, 0.6) is 0 Å². The van der Waals surface area contributed by atoms with Gasteiger partial charge in [0.25, 0.3) is 11.4 Å². The number of nitrogens with zero attached hydrogens (tertiary/aromatic N) is 2. The lowest BCUT2D eigenvalue weighted by Crippen LogP contribution is -2.32. The van der Waals surface area contributed by atoms with Crippen LogP contribution in [0, 0.1) is 20.2 Å². The average molecular weight is 361 g/mol. The molecular formula is C15H15N5O4S. The molecule has 10 heteroatoms. The number of nitro groups is 2. The molecule has 25 heavy (non-hydrogen) atoms. The van der Waals surface area contributed by atoms with Gasteiger partial charge in [-0.2, -0.15) is 0 Å². The molecule has 0 bridgehead atoms. The molecule has 0 atom stereocenters. The SMILES string of the molecule is O=[N+]([O-])c1ccc(NC(=S)NCCNc2ccccc2[N+](=O)[O-])cc1. The Labute approximate surface area is 148 Å². The molecule has 0 saturated carbocycles. The molecule has 2 aromatic rings. The zero-order valence-corrected chi connectivity index (χ0v) is 13.8. The van der Waals surface area contributed by atoms with E-state index in [1.165, 1.54) is 18.2 Å². The molecule has 2 rings (SSSR count). The number of non-ortho nitro benzene ring substituents is 1. The van der Waals surface area contributed by atoms with E-state index in [1.807, 2.05) is 0 Å². The predicted molar refractivity (Wildman–Crippen MR) is 98.9 cm³/mol. The van der Waals surface area contributed by atoms with Crippen molar-refractivity contribution in [1.82, 2.24) is 5.32 Å². The Morgan fingerprint density at radius 3 is 2.28 bits per heavy atom. The highest BCUT2D eigenvalue weighted by Crippen LogP contribution is 2.22. The fourth-order valence-electron chi connectivity index (χ4n) is 2.00. The van der Waals surface area contributed by atoms with Crippen LogP contribution in [0.2, 0.25) is 0 Å². The minimum absolute atomic E-state index is 0.00178. The molecule has 0 unspecified atom stereocenters. The van der Waals surface area contributed by atoms with Crippen LogP contribution in [0.15, 0.2) is 48.5 Å². The minimum Gasteiger partial charge on any atom is -0.378 e. The number of nitro benzene ring substituents is 2. The van der Waals surface area contributed by atoms with Crippen LogP contribution in [-0.4, -0.2) is 28.0 Å². The number of thiocarbonyl (C=S) groups is 1. The lowest BCUT2D eigenvalue weighted by atomic mass is 10.2. The Balaban J connectivity index is 1.77. The van der Waals surface area contributed by atoms with Crippen LogP contribution in [0.4, 0.5) is 22.7 Å². The first-order valence-corrected chi connectivity index (χ1v) is 7.65. The molecule has 0 aliphatic rings. The lowest BCUT2D eigenvalue weighted by Gasteiger charge is -2.11. The number of nitrogens with one attached hydrogen (secondary N) is 3. The van der Waals surface area contributed by atoms with Crippen molar-refractivity contribution in [3.63, 3.8) is 0 Å². The molecule has 0 saturated heterocycles. The van der Waals surface area contributed by atoms with Crippen molar-refractivity contribution in [2.45, 2.75) is 0 Å². The van der Waals surface area contributed by atoms with Gasteiger partial charge in [0.1, 0.15) is 5.69 Å². The molecule has 9 nitrogen and oxygen atoms in total. The van der Waals surface area contributed by atoms with Gasteiger partial charge in [-0.15, -0.1) is 0 Å². The van der Waals surface area contributed by atoms with Gasteiger partial charge in [-0.3, -0.25) is 20.2 Å². The van der Waals surface area contributed by atoms with Gasteiger partial charge in [-0.25, -0.2) is 0 Å². The molecule has 0 spiro atoms. The van der Waals surface area contributed by atoms with E-state index >= 15 is 0 Å². The molecule has 0 aromatic heterocycles. The molecule has 130 valence electrons. The van der Waals surface area contributed by atoms with Crippen molar-refractivity contribution in [3.8, 4) is 0 Å². The molecule has 2 aromatic carbocycles. The Morgan fingerprint density at radius 1 is 0.960 bits per heavy atom. The maximum Gasteiger partial charge on any atom is 0.292 e. The van der Waals surface area contributed by atoms with Gasteiger partial charge in [-0.1, -0.05) is 12.1 Å². The van der Waals surface area contributed by atoms with Gasteiger partial charge >= 0.3 is 0 Å². The standard InChI is InChI=1S/C15H15N5O4S/c21-19(22)12-7-5-11(6-8-12)18-15(25)17-10-9-16-13-3-1-2-4-14(13)20(23)24/h1-8,16H,9-10H2,(H2,17,18,25). The highest BCUT2D eigenvalue weighted by atomic mass is 32.1. The third kappa shape index (κ3) is 5.39. The first-order chi connectivity index (χ1) is 12.0. The fourth-order valence-corrected chi connectivity index (χ4v) is 2.22. The molecule has 0 heterocycles. The van der Waals surface area contributed by atoms with Crippen molar-refractivity contribution < 1.29 is 9.85 Å². The summed E-state index contributed by atoms with van der Waals surface area (Å²) >= 11 is 5.13. The number of benzene rings is 2. The predicted octanol–water partition coefficient (Wildman–Crippen LogP) is 2.90. The van der Waals surface area contributed by atoms with Crippen LogP contribution in [0.1, 0.15) is 0 Å². The molecule has 0 aliphatic carbocycles. The second kappa shape index (κ2) is 8.55. The van der Waals surface area contributed by atoms with Crippen molar-refractivity contribution in [1.29, 1.82) is 0 Å². The van der Waals surface area contributed by atoms with Gasteiger partial charge in [0, 0.05) is 37.0 Å². The summed E-state index contributed by atoms with van der Waals surface area (Å²) in [4.78, 5) is 20.6. The van der Waals surface area contributed by atoms with E-state index in [9.17, 15) is 20.2 Å². The lowest BCUT2D eigenvalue weighted by molar-refractivity contribution is -0.384. The van der Waals surface area contributed by atoms with Crippen molar-refractivity contribution in [2.24, 2.45) is 0 Å². The maximum atomic E-state index is 10.9. The largest absolute Gasteiger partial charge is 0.378 e. The normalized spacial score (nSPS) is 9.92. The van der Waals surface area contributed by atoms with Crippen molar-refractivity contribution in [2.75, 3.05) is 23.7 Å². The van der Waals surface area contributed by atoms with Crippen LogP contribution in [0.25, 0.3) is 0 Å². The molecule has 0 radical (unpaired) electrons. The third-order valence-corrected chi connectivity index (χ3v) is 3.41. The highest BCUT2D eigenvalue weighted by molar-refractivity contribution is 7.80. The summed E-state index contributed by atoms with van der Waals surface area (Å²) < 4.78 is 0. The van der Waals surface area contributed by atoms with Crippen LogP contribution in [0.3, 0.4) is 0 Å². The van der Waals surface area contributed by atoms with E-state index in [0.29, 0.717) is 29.6 Å². The summed E-state index contributed by atoms with van der Waals surface area (Å²) in [5.41, 5.74) is 1.06. The van der Waals surface area contributed by atoms with E-state index in [0.717, 1.165) is 0 Å². The molecule has 0 fully saturated rings. The average Bonchev–Trinajstić information content (AvgIpc) is 2.59. The zero-order valence-electron chi connectivity index (χ0n) is 13.0. The summed E-state index contributed by atoms with van der Waals surface area (Å²) in [6.45, 7) is 0.859. The number of hydrogen-bond acceptors (Lipinski definition) is 6. The molecule has 0 aliphatic heterocycles. The van der Waals surface area contributed by atoms with E-state index in [4.69, 9.17) is 12.2 Å².